The molecule has 1 N–H and O–H groups in total. The highest BCUT2D eigenvalue weighted by Crippen LogP contribution is 2.25. The normalized spacial score (nSPS) is 11.7. The van der Waals surface area contributed by atoms with Gasteiger partial charge in [-0.3, -0.25) is 4.79 Å². The van der Waals surface area contributed by atoms with Gasteiger partial charge >= 0.3 is 6.36 Å². The van der Waals surface area contributed by atoms with Gasteiger partial charge in [-0.1, -0.05) is 6.07 Å². The first-order valence-corrected chi connectivity index (χ1v) is 9.05. The number of carbonyl (C=O) groups excluding carboxylic acids is 1. The minimum absolute atomic E-state index is 0.0458. The summed E-state index contributed by atoms with van der Waals surface area (Å²) in [5.74, 6) is -0.282. The number of carbonyl (C=O) groups is 1. The molecule has 0 aliphatic rings. The van der Waals surface area contributed by atoms with Crippen LogP contribution < -0.4 is 9.47 Å². The third-order valence-electron chi connectivity index (χ3n) is 4.33. The van der Waals surface area contributed by atoms with Crippen molar-refractivity contribution in [1.82, 2.24) is 9.88 Å². The second-order valence-electron chi connectivity index (χ2n) is 6.82. The van der Waals surface area contributed by atoms with Crippen LogP contribution in [0.3, 0.4) is 0 Å². The second-order valence-corrected chi connectivity index (χ2v) is 6.82. The van der Waals surface area contributed by atoms with Crippen LogP contribution in [-0.2, 0) is 11.3 Å². The lowest BCUT2D eigenvalue weighted by molar-refractivity contribution is -0.274. The molecule has 0 unspecified atom stereocenters. The molecular formula is C21H21F3N2O3. The Morgan fingerprint density at radius 2 is 1.76 bits per heavy atom. The standard InChI is InChI=1S/C21H21F3N2O3/c1-14(2)26(12-15-3-8-19-16(11-15)9-10-25-19)20(27)13-28-17-4-6-18(7-5-17)29-21(22,23)24/h3-11,14,25H,12-13H2,1-2H3. The molecule has 0 spiro atoms. The molecule has 0 radical (unpaired) electrons. The topological polar surface area (TPSA) is 54.6 Å². The van der Waals surface area contributed by atoms with Crippen LogP contribution >= 0.6 is 0 Å². The molecule has 3 rings (SSSR count). The first-order valence-electron chi connectivity index (χ1n) is 9.05. The molecule has 1 amide bonds. The van der Waals surface area contributed by atoms with Crippen LogP contribution in [0.1, 0.15) is 19.4 Å². The van der Waals surface area contributed by atoms with Gasteiger partial charge in [0, 0.05) is 24.3 Å². The van der Waals surface area contributed by atoms with Gasteiger partial charge in [-0.2, -0.15) is 0 Å². The van der Waals surface area contributed by atoms with Gasteiger partial charge in [0.1, 0.15) is 11.5 Å². The molecule has 0 atom stereocenters. The van der Waals surface area contributed by atoms with Gasteiger partial charge in [0.05, 0.1) is 0 Å². The molecule has 0 saturated carbocycles. The number of amides is 1. The number of aromatic nitrogens is 1. The summed E-state index contributed by atoms with van der Waals surface area (Å²) in [6.07, 6.45) is -2.89. The molecule has 0 fully saturated rings. The predicted molar refractivity (Wildman–Crippen MR) is 103 cm³/mol. The van der Waals surface area contributed by atoms with Crippen LogP contribution in [0, 0.1) is 0 Å². The lowest BCUT2D eigenvalue weighted by atomic mass is 10.1. The van der Waals surface area contributed by atoms with E-state index in [1.54, 1.807) is 4.90 Å². The summed E-state index contributed by atoms with van der Waals surface area (Å²) in [6, 6.07) is 12.8. The largest absolute Gasteiger partial charge is 0.573 e. The predicted octanol–water partition coefficient (Wildman–Crippen LogP) is 4.88. The van der Waals surface area contributed by atoms with Crippen LogP contribution in [0.4, 0.5) is 13.2 Å². The number of benzene rings is 2. The van der Waals surface area contributed by atoms with Crippen LogP contribution in [0.15, 0.2) is 54.7 Å². The number of H-pyrrole nitrogens is 1. The number of nitrogens with zero attached hydrogens (tertiary/aromatic N) is 1. The highest BCUT2D eigenvalue weighted by atomic mass is 19.4. The Hall–Kier alpha value is -3.16. The van der Waals surface area contributed by atoms with E-state index < -0.39 is 6.36 Å². The fourth-order valence-electron chi connectivity index (χ4n) is 2.92. The Balaban J connectivity index is 1.60. The molecule has 0 saturated heterocycles. The van der Waals surface area contributed by atoms with Crippen LogP contribution in [0.2, 0.25) is 0 Å². The summed E-state index contributed by atoms with van der Waals surface area (Å²) in [5, 5.41) is 1.07. The molecule has 0 aliphatic carbocycles. The molecule has 3 aromatic rings. The number of rotatable bonds is 7. The van der Waals surface area contributed by atoms with Crippen molar-refractivity contribution in [2.75, 3.05) is 6.61 Å². The second kappa shape index (κ2) is 8.46. The Labute approximate surface area is 166 Å². The smallest absolute Gasteiger partial charge is 0.484 e. The maximum atomic E-state index is 12.7. The lowest BCUT2D eigenvalue weighted by Crippen LogP contribution is -2.39. The van der Waals surface area contributed by atoms with Gasteiger partial charge in [-0.15, -0.1) is 13.2 Å². The van der Waals surface area contributed by atoms with Crippen LogP contribution in [0.5, 0.6) is 11.5 Å². The average Bonchev–Trinajstić information content (AvgIpc) is 3.11. The van der Waals surface area contributed by atoms with E-state index in [0.717, 1.165) is 28.6 Å². The van der Waals surface area contributed by atoms with Crippen molar-refractivity contribution in [2.45, 2.75) is 32.8 Å². The van der Waals surface area contributed by atoms with Crippen LogP contribution in [-0.4, -0.2) is 34.8 Å². The maximum Gasteiger partial charge on any atom is 0.573 e. The van der Waals surface area contributed by atoms with E-state index in [9.17, 15) is 18.0 Å². The van der Waals surface area contributed by atoms with E-state index in [0.29, 0.717) is 6.54 Å². The molecule has 1 aromatic heterocycles. The summed E-state index contributed by atoms with van der Waals surface area (Å²) in [6.45, 7) is 4.04. The van der Waals surface area contributed by atoms with E-state index in [1.165, 1.54) is 12.1 Å². The first-order chi connectivity index (χ1) is 13.7. The summed E-state index contributed by atoms with van der Waals surface area (Å²) in [4.78, 5) is 17.5. The number of nitrogens with one attached hydrogen (secondary N) is 1. The van der Waals surface area contributed by atoms with Crippen molar-refractivity contribution in [2.24, 2.45) is 0 Å². The Bertz CT molecular complexity index is 965. The monoisotopic (exact) mass is 406 g/mol. The molecule has 8 heteroatoms. The van der Waals surface area contributed by atoms with Crippen LogP contribution in [0.25, 0.3) is 10.9 Å². The van der Waals surface area contributed by atoms with Crippen molar-refractivity contribution in [1.29, 1.82) is 0 Å². The number of alkyl halides is 3. The number of hydrogen-bond acceptors (Lipinski definition) is 3. The highest BCUT2D eigenvalue weighted by molar-refractivity contribution is 5.81. The third-order valence-corrected chi connectivity index (χ3v) is 4.33. The molecule has 0 bridgehead atoms. The van der Waals surface area contributed by atoms with Gasteiger partial charge in [0.25, 0.3) is 5.91 Å². The van der Waals surface area contributed by atoms with Crippen molar-refractivity contribution < 1.29 is 27.4 Å². The number of aromatic amines is 1. The van der Waals surface area contributed by atoms with Gasteiger partial charge in [-0.25, -0.2) is 0 Å². The van der Waals surface area contributed by atoms with Crippen molar-refractivity contribution in [3.05, 3.63) is 60.3 Å². The summed E-state index contributed by atoms with van der Waals surface area (Å²) >= 11 is 0. The van der Waals surface area contributed by atoms with E-state index in [2.05, 4.69) is 9.72 Å². The molecule has 2 aromatic carbocycles. The summed E-state index contributed by atoms with van der Waals surface area (Å²) in [7, 11) is 0. The molecular weight excluding hydrogens is 385 g/mol. The fraction of sp³-hybridized carbons (Fsp3) is 0.286. The van der Waals surface area contributed by atoms with E-state index in [1.807, 2.05) is 44.3 Å². The third kappa shape index (κ3) is 5.66. The molecule has 1 heterocycles. The quantitative estimate of drug-likeness (QED) is 0.608. The zero-order valence-electron chi connectivity index (χ0n) is 16.0. The molecule has 29 heavy (non-hydrogen) atoms. The minimum atomic E-state index is -4.75. The van der Waals surface area contributed by atoms with E-state index in [-0.39, 0.29) is 30.1 Å². The zero-order chi connectivity index (χ0) is 21.0. The van der Waals surface area contributed by atoms with Crippen molar-refractivity contribution in [3.8, 4) is 11.5 Å². The zero-order valence-corrected chi connectivity index (χ0v) is 16.0. The summed E-state index contributed by atoms with van der Waals surface area (Å²) < 4.78 is 45.9. The van der Waals surface area contributed by atoms with E-state index >= 15 is 0 Å². The van der Waals surface area contributed by atoms with Gasteiger partial charge in [0.2, 0.25) is 0 Å². The van der Waals surface area contributed by atoms with Crippen molar-refractivity contribution >= 4 is 16.8 Å². The van der Waals surface area contributed by atoms with Crippen molar-refractivity contribution in [3.63, 3.8) is 0 Å². The van der Waals surface area contributed by atoms with Gasteiger partial charge < -0.3 is 19.4 Å². The number of hydrogen-bond donors (Lipinski definition) is 1. The lowest BCUT2D eigenvalue weighted by Gasteiger charge is -2.27. The number of ether oxygens (including phenoxy) is 2. The highest BCUT2D eigenvalue weighted by Gasteiger charge is 2.31. The molecule has 154 valence electrons. The number of fused-ring (bicyclic) bond motifs is 1. The fourth-order valence-corrected chi connectivity index (χ4v) is 2.92. The maximum absolute atomic E-state index is 12.7. The minimum Gasteiger partial charge on any atom is -0.484 e. The molecule has 0 aliphatic heterocycles. The Morgan fingerprint density at radius 1 is 1.07 bits per heavy atom. The first kappa shape index (κ1) is 20.6. The van der Waals surface area contributed by atoms with Gasteiger partial charge in [0.15, 0.2) is 6.61 Å². The Kier molecular flexibility index (Phi) is 6.00. The SMILES string of the molecule is CC(C)N(Cc1ccc2[nH]ccc2c1)C(=O)COc1ccc(OC(F)(F)F)cc1. The molecule has 5 nitrogen and oxygen atoms in total. The van der Waals surface area contributed by atoms with Gasteiger partial charge in [-0.05, 0) is 67.3 Å². The average molecular weight is 406 g/mol. The van der Waals surface area contributed by atoms with E-state index in [4.69, 9.17) is 4.74 Å². The summed E-state index contributed by atoms with van der Waals surface area (Å²) in [5.41, 5.74) is 2.02. The number of halogens is 3. The Morgan fingerprint density at radius 3 is 2.41 bits per heavy atom.